The quantitative estimate of drug-likeness (QED) is 0.683. The lowest BCUT2D eigenvalue weighted by Crippen LogP contribution is -2.44. The number of carbonyl (C=O) groups is 1. The number of hydrogen-bond acceptors (Lipinski definition) is 4. The van der Waals surface area contributed by atoms with Gasteiger partial charge in [0.15, 0.2) is 0 Å². The molecule has 0 radical (unpaired) electrons. The first kappa shape index (κ1) is 12.8. The van der Waals surface area contributed by atoms with Crippen LogP contribution in [0, 0.1) is 0 Å². The maximum Gasteiger partial charge on any atom is 0.244 e. The number of nitrogens with zero attached hydrogens (tertiary/aromatic N) is 1. The molecule has 1 amide bonds. The zero-order valence-electron chi connectivity index (χ0n) is 10.5. The fourth-order valence-corrected chi connectivity index (χ4v) is 2.67. The third-order valence-corrected chi connectivity index (χ3v) is 3.70. The Hall–Kier alpha value is -0.650. The average Bonchev–Trinajstić information content (AvgIpc) is 2.92. The second kappa shape index (κ2) is 5.80. The number of hydrogen-bond donors (Lipinski definition) is 1. The summed E-state index contributed by atoms with van der Waals surface area (Å²) < 4.78 is 10.3. The molecule has 0 atom stereocenters. The van der Waals surface area contributed by atoms with Gasteiger partial charge in [-0.25, -0.2) is 0 Å². The van der Waals surface area contributed by atoms with E-state index in [0.29, 0.717) is 33.0 Å². The summed E-state index contributed by atoms with van der Waals surface area (Å²) in [7, 11) is 1.65. The first-order valence-corrected chi connectivity index (χ1v) is 6.40. The molecule has 98 valence electrons. The van der Waals surface area contributed by atoms with Crippen molar-refractivity contribution in [3.8, 4) is 0 Å². The summed E-state index contributed by atoms with van der Waals surface area (Å²) >= 11 is 0. The highest BCUT2D eigenvalue weighted by Gasteiger charge is 2.47. The molecule has 2 aliphatic rings. The van der Waals surface area contributed by atoms with E-state index in [4.69, 9.17) is 9.47 Å². The first-order valence-electron chi connectivity index (χ1n) is 6.40. The second-order valence-electron chi connectivity index (χ2n) is 4.80. The predicted octanol–water partition coefficient (Wildman–Crippen LogP) is 0.352. The van der Waals surface area contributed by atoms with Gasteiger partial charge in [0.2, 0.25) is 5.91 Å². The number of amides is 1. The van der Waals surface area contributed by atoms with E-state index in [2.05, 4.69) is 5.32 Å². The van der Waals surface area contributed by atoms with Gasteiger partial charge in [0.05, 0.1) is 32.0 Å². The normalized spacial score (nSPS) is 22.9. The van der Waals surface area contributed by atoms with Crippen LogP contribution < -0.4 is 5.32 Å². The van der Waals surface area contributed by atoms with Crippen LogP contribution in [0.2, 0.25) is 0 Å². The maximum atomic E-state index is 12.2. The van der Waals surface area contributed by atoms with E-state index in [1.165, 1.54) is 0 Å². The Bertz CT molecular complexity index is 264. The summed E-state index contributed by atoms with van der Waals surface area (Å²) in [6.07, 6.45) is 4.31. The van der Waals surface area contributed by atoms with Crippen molar-refractivity contribution in [2.75, 3.05) is 40.1 Å². The first-order chi connectivity index (χ1) is 8.28. The topological polar surface area (TPSA) is 50.8 Å². The highest BCUT2D eigenvalue weighted by Crippen LogP contribution is 2.34. The van der Waals surface area contributed by atoms with Crippen molar-refractivity contribution < 1.29 is 14.3 Å². The van der Waals surface area contributed by atoms with Gasteiger partial charge in [0.1, 0.15) is 0 Å². The van der Waals surface area contributed by atoms with E-state index >= 15 is 0 Å². The van der Waals surface area contributed by atoms with E-state index in [1.807, 2.05) is 4.90 Å². The summed E-state index contributed by atoms with van der Waals surface area (Å²) in [5.41, 5.74) is -0.230. The zero-order chi connectivity index (χ0) is 12.1. The number of rotatable bonds is 6. The van der Waals surface area contributed by atoms with Crippen molar-refractivity contribution in [2.24, 2.45) is 0 Å². The molecule has 0 bridgehead atoms. The van der Waals surface area contributed by atoms with E-state index in [9.17, 15) is 4.79 Å². The van der Waals surface area contributed by atoms with Gasteiger partial charge in [-0.3, -0.25) is 10.1 Å². The minimum atomic E-state index is -0.230. The SMILES string of the molecule is COCCOCCN1CNC2(CCCC2)C1=O. The zero-order valence-corrected chi connectivity index (χ0v) is 10.5. The van der Waals surface area contributed by atoms with Crippen molar-refractivity contribution in [1.29, 1.82) is 0 Å². The second-order valence-corrected chi connectivity index (χ2v) is 4.80. The molecular weight excluding hydrogens is 220 g/mol. The maximum absolute atomic E-state index is 12.2. The molecule has 1 saturated heterocycles. The minimum Gasteiger partial charge on any atom is -0.382 e. The summed E-state index contributed by atoms with van der Waals surface area (Å²) in [6, 6.07) is 0. The number of nitrogens with one attached hydrogen (secondary N) is 1. The monoisotopic (exact) mass is 242 g/mol. The molecule has 0 aromatic heterocycles. The van der Waals surface area contributed by atoms with Gasteiger partial charge in [0.25, 0.3) is 0 Å². The third-order valence-electron chi connectivity index (χ3n) is 3.70. The van der Waals surface area contributed by atoms with Crippen LogP contribution >= 0.6 is 0 Å². The van der Waals surface area contributed by atoms with E-state index in [0.717, 1.165) is 25.7 Å². The lowest BCUT2D eigenvalue weighted by molar-refractivity contribution is -0.132. The fraction of sp³-hybridized carbons (Fsp3) is 0.917. The van der Waals surface area contributed by atoms with Gasteiger partial charge in [0, 0.05) is 13.7 Å². The Balaban J connectivity index is 1.71. The number of carbonyl (C=O) groups excluding carboxylic acids is 1. The van der Waals surface area contributed by atoms with Crippen molar-refractivity contribution >= 4 is 5.91 Å². The van der Waals surface area contributed by atoms with Crippen molar-refractivity contribution in [1.82, 2.24) is 10.2 Å². The smallest absolute Gasteiger partial charge is 0.244 e. The van der Waals surface area contributed by atoms with Crippen LogP contribution in [0.3, 0.4) is 0 Å². The molecule has 0 aromatic carbocycles. The number of ether oxygens (including phenoxy) is 2. The lowest BCUT2D eigenvalue weighted by atomic mass is 9.98. The van der Waals surface area contributed by atoms with E-state index in [1.54, 1.807) is 7.11 Å². The molecule has 1 aliphatic heterocycles. The molecule has 1 heterocycles. The van der Waals surface area contributed by atoms with Crippen LogP contribution in [-0.4, -0.2) is 56.5 Å². The van der Waals surface area contributed by atoms with Gasteiger partial charge in [-0.15, -0.1) is 0 Å². The molecule has 5 heteroatoms. The van der Waals surface area contributed by atoms with Gasteiger partial charge in [-0.2, -0.15) is 0 Å². The van der Waals surface area contributed by atoms with Crippen molar-refractivity contribution in [2.45, 2.75) is 31.2 Å². The van der Waals surface area contributed by atoms with E-state index < -0.39 is 0 Å². The largest absolute Gasteiger partial charge is 0.382 e. The summed E-state index contributed by atoms with van der Waals surface area (Å²) in [4.78, 5) is 14.1. The lowest BCUT2D eigenvalue weighted by Gasteiger charge is -2.21. The van der Waals surface area contributed by atoms with Crippen LogP contribution in [0.4, 0.5) is 0 Å². The minimum absolute atomic E-state index is 0.230. The molecule has 2 fully saturated rings. The van der Waals surface area contributed by atoms with Crippen LogP contribution in [0.5, 0.6) is 0 Å². The Labute approximate surface area is 102 Å². The predicted molar refractivity (Wildman–Crippen MR) is 63.6 cm³/mol. The molecule has 1 spiro atoms. The van der Waals surface area contributed by atoms with Crippen LogP contribution in [0.25, 0.3) is 0 Å². The Kier molecular flexibility index (Phi) is 4.36. The molecule has 0 unspecified atom stereocenters. The molecule has 5 nitrogen and oxygen atoms in total. The molecular formula is C12H22N2O3. The third kappa shape index (κ3) is 2.78. The van der Waals surface area contributed by atoms with Crippen LogP contribution in [0.15, 0.2) is 0 Å². The Morgan fingerprint density at radius 2 is 2.06 bits per heavy atom. The molecule has 17 heavy (non-hydrogen) atoms. The van der Waals surface area contributed by atoms with Gasteiger partial charge in [-0.1, -0.05) is 12.8 Å². The highest BCUT2D eigenvalue weighted by atomic mass is 16.5. The van der Waals surface area contributed by atoms with Crippen molar-refractivity contribution in [3.63, 3.8) is 0 Å². The standard InChI is InChI=1S/C12H22N2O3/c1-16-8-9-17-7-6-14-10-13-12(11(14)15)4-2-3-5-12/h13H,2-10H2,1H3. The van der Waals surface area contributed by atoms with Gasteiger partial charge < -0.3 is 14.4 Å². The fourth-order valence-electron chi connectivity index (χ4n) is 2.67. The molecule has 1 aliphatic carbocycles. The highest BCUT2D eigenvalue weighted by molar-refractivity contribution is 5.88. The molecule has 0 aromatic rings. The van der Waals surface area contributed by atoms with Gasteiger partial charge >= 0.3 is 0 Å². The average molecular weight is 242 g/mol. The van der Waals surface area contributed by atoms with Crippen LogP contribution in [0.1, 0.15) is 25.7 Å². The summed E-state index contributed by atoms with van der Waals surface area (Å²) in [5, 5.41) is 3.38. The molecule has 1 N–H and O–H groups in total. The summed E-state index contributed by atoms with van der Waals surface area (Å²) in [5.74, 6) is 0.269. The Morgan fingerprint density at radius 3 is 2.76 bits per heavy atom. The Morgan fingerprint density at radius 1 is 1.29 bits per heavy atom. The number of methoxy groups -OCH3 is 1. The van der Waals surface area contributed by atoms with Crippen LogP contribution in [-0.2, 0) is 14.3 Å². The van der Waals surface area contributed by atoms with E-state index in [-0.39, 0.29) is 11.4 Å². The summed E-state index contributed by atoms with van der Waals surface area (Å²) in [6.45, 7) is 3.14. The molecule has 1 saturated carbocycles. The van der Waals surface area contributed by atoms with Gasteiger partial charge in [-0.05, 0) is 12.8 Å². The van der Waals surface area contributed by atoms with Crippen molar-refractivity contribution in [3.05, 3.63) is 0 Å². The molecule has 2 rings (SSSR count).